The molecule has 204 valence electrons. The molecule has 0 saturated heterocycles. The summed E-state index contributed by atoms with van der Waals surface area (Å²) < 4.78 is 14.4. The van der Waals surface area contributed by atoms with Crippen molar-refractivity contribution in [3.63, 3.8) is 0 Å². The van der Waals surface area contributed by atoms with Crippen molar-refractivity contribution in [3.8, 4) is 0 Å². The molecule has 4 aromatic heterocycles. The van der Waals surface area contributed by atoms with Crippen LogP contribution in [0.2, 0.25) is 0 Å². The first-order valence-electron chi connectivity index (χ1n) is 12.4. The van der Waals surface area contributed by atoms with Crippen LogP contribution in [-0.4, -0.2) is 24.3 Å². The fraction of sp³-hybridized carbons (Fsp3) is 0.552. The van der Waals surface area contributed by atoms with Crippen LogP contribution in [-0.2, 0) is 21.7 Å². The van der Waals surface area contributed by atoms with Gasteiger partial charge in [-0.25, -0.2) is 9.97 Å². The van der Waals surface area contributed by atoms with Crippen LogP contribution >= 0.6 is 11.5 Å². The van der Waals surface area contributed by atoms with Crippen molar-refractivity contribution in [3.05, 3.63) is 78.1 Å². The third-order valence-electron chi connectivity index (χ3n) is 4.78. The maximum Gasteiger partial charge on any atom is 0.199 e. The lowest BCUT2D eigenvalue weighted by atomic mass is 9.93. The molecular formula is C29H45N5O2S. The summed E-state index contributed by atoms with van der Waals surface area (Å²) in [4.78, 5) is 16.0. The van der Waals surface area contributed by atoms with Crippen LogP contribution in [0.1, 0.15) is 106 Å². The normalized spacial score (nSPS) is 11.8. The van der Waals surface area contributed by atoms with E-state index in [4.69, 9.17) is 8.83 Å². The van der Waals surface area contributed by atoms with Gasteiger partial charge >= 0.3 is 0 Å². The SMILES string of the molecule is CC(C)(C)c1ccsn1.CC(C)(C)c1cnccn1.CC(C)(C)c1cnco1.CC(C)(C)c1ncco1. The van der Waals surface area contributed by atoms with Gasteiger partial charge in [0.05, 0.1) is 23.8 Å². The number of rotatable bonds is 0. The van der Waals surface area contributed by atoms with Crippen molar-refractivity contribution in [2.24, 2.45) is 0 Å². The highest BCUT2D eigenvalue weighted by Gasteiger charge is 2.18. The van der Waals surface area contributed by atoms with Gasteiger partial charge in [-0.15, -0.1) is 0 Å². The molecule has 0 atom stereocenters. The Morgan fingerprint density at radius 1 is 0.622 bits per heavy atom. The lowest BCUT2D eigenvalue weighted by Gasteiger charge is -2.15. The topological polar surface area (TPSA) is 90.7 Å². The van der Waals surface area contributed by atoms with Gasteiger partial charge in [0.1, 0.15) is 12.0 Å². The molecule has 0 radical (unpaired) electrons. The molecule has 0 amide bonds. The number of nitrogens with zero attached hydrogens (tertiary/aromatic N) is 5. The molecule has 8 heteroatoms. The third kappa shape index (κ3) is 12.8. The molecule has 0 unspecified atom stereocenters. The summed E-state index contributed by atoms with van der Waals surface area (Å²) in [5, 5.41) is 2.01. The maximum absolute atomic E-state index is 5.09. The lowest BCUT2D eigenvalue weighted by Crippen LogP contribution is -2.13. The van der Waals surface area contributed by atoms with E-state index in [2.05, 4.69) is 113 Å². The number of hydrogen-bond acceptors (Lipinski definition) is 8. The third-order valence-corrected chi connectivity index (χ3v) is 5.34. The smallest absolute Gasteiger partial charge is 0.199 e. The van der Waals surface area contributed by atoms with Gasteiger partial charge in [-0.05, 0) is 17.6 Å². The average molecular weight is 528 g/mol. The molecule has 0 aromatic carbocycles. The van der Waals surface area contributed by atoms with E-state index in [0.29, 0.717) is 0 Å². The molecule has 0 aliphatic rings. The van der Waals surface area contributed by atoms with Crippen LogP contribution in [0.3, 0.4) is 0 Å². The van der Waals surface area contributed by atoms with E-state index >= 15 is 0 Å². The number of aromatic nitrogens is 5. The molecule has 0 aliphatic carbocycles. The fourth-order valence-electron chi connectivity index (χ4n) is 2.47. The largest absolute Gasteiger partial charge is 0.448 e. The van der Waals surface area contributed by atoms with E-state index in [1.165, 1.54) is 23.6 Å². The molecule has 4 rings (SSSR count). The van der Waals surface area contributed by atoms with Crippen molar-refractivity contribution in [1.82, 2.24) is 24.3 Å². The summed E-state index contributed by atoms with van der Waals surface area (Å²) in [5.41, 5.74) is 2.70. The summed E-state index contributed by atoms with van der Waals surface area (Å²) in [6, 6.07) is 2.07. The monoisotopic (exact) mass is 527 g/mol. The molecule has 0 N–H and O–H groups in total. The molecule has 4 aromatic rings. The molecular weight excluding hydrogens is 482 g/mol. The zero-order valence-electron chi connectivity index (χ0n) is 24.7. The van der Waals surface area contributed by atoms with Gasteiger partial charge in [0, 0.05) is 45.6 Å². The molecule has 4 heterocycles. The minimum absolute atomic E-state index is 0.0451. The average Bonchev–Trinajstić information content (AvgIpc) is 3.58. The minimum Gasteiger partial charge on any atom is -0.448 e. The highest BCUT2D eigenvalue weighted by Crippen LogP contribution is 2.21. The Morgan fingerprint density at radius 2 is 1.27 bits per heavy atom. The van der Waals surface area contributed by atoms with Crippen molar-refractivity contribution in [2.45, 2.75) is 105 Å². The van der Waals surface area contributed by atoms with Gasteiger partial charge in [-0.1, -0.05) is 83.1 Å². The first-order chi connectivity index (χ1) is 16.9. The molecule has 0 bridgehead atoms. The summed E-state index contributed by atoms with van der Waals surface area (Å²) in [6.07, 6.45) is 11.7. The predicted molar refractivity (Wildman–Crippen MR) is 152 cm³/mol. The Hall–Kier alpha value is -2.87. The highest BCUT2D eigenvalue weighted by atomic mass is 32.1. The van der Waals surface area contributed by atoms with Crippen LogP contribution in [0.25, 0.3) is 0 Å². The second-order valence-electron chi connectivity index (χ2n) is 12.7. The van der Waals surface area contributed by atoms with Gasteiger partial charge < -0.3 is 8.83 Å². The summed E-state index contributed by atoms with van der Waals surface area (Å²) in [7, 11) is 0. The molecule has 7 nitrogen and oxygen atoms in total. The molecule has 37 heavy (non-hydrogen) atoms. The number of oxazole rings is 2. The van der Waals surface area contributed by atoms with E-state index in [-0.39, 0.29) is 21.7 Å². The van der Waals surface area contributed by atoms with Crippen molar-refractivity contribution < 1.29 is 8.83 Å². The molecule has 0 fully saturated rings. The van der Waals surface area contributed by atoms with Crippen molar-refractivity contribution in [1.29, 1.82) is 0 Å². The first-order valence-corrected chi connectivity index (χ1v) is 13.2. The second kappa shape index (κ2) is 13.6. The van der Waals surface area contributed by atoms with Gasteiger partial charge in [0.25, 0.3) is 0 Å². The van der Waals surface area contributed by atoms with Crippen LogP contribution in [0.4, 0.5) is 0 Å². The zero-order chi connectivity index (χ0) is 28.3. The Labute approximate surface area is 227 Å². The van der Waals surface area contributed by atoms with E-state index in [1.54, 1.807) is 37.2 Å². The molecule has 0 aliphatic heterocycles. The standard InChI is InChI=1S/C8H12N2.2C7H11NO.C7H11NS/c1-8(2,3)7-6-9-4-5-10-7;1-7(2,3)6-4-8-5-9-6;1-7(2,3)6-8-4-5-9-6;1-7(2,3)6-4-5-9-8-6/h4-6H,1-3H3;3*4-5H,1-3H3. The lowest BCUT2D eigenvalue weighted by molar-refractivity contribution is 0.392. The summed E-state index contributed by atoms with van der Waals surface area (Å²) in [6.45, 7) is 25.3. The van der Waals surface area contributed by atoms with E-state index in [9.17, 15) is 0 Å². The van der Waals surface area contributed by atoms with Gasteiger partial charge in [0.2, 0.25) is 0 Å². The Kier molecular flexibility index (Phi) is 11.8. The van der Waals surface area contributed by atoms with Crippen molar-refractivity contribution >= 4 is 11.5 Å². The van der Waals surface area contributed by atoms with E-state index in [0.717, 1.165) is 17.3 Å². The maximum atomic E-state index is 5.09. The first kappa shape index (κ1) is 32.2. The summed E-state index contributed by atoms with van der Waals surface area (Å²) >= 11 is 1.52. The minimum atomic E-state index is 0.0451. The van der Waals surface area contributed by atoms with Crippen LogP contribution < -0.4 is 0 Å². The Morgan fingerprint density at radius 3 is 1.51 bits per heavy atom. The van der Waals surface area contributed by atoms with Crippen LogP contribution in [0.5, 0.6) is 0 Å². The van der Waals surface area contributed by atoms with Gasteiger partial charge in [0.15, 0.2) is 12.3 Å². The van der Waals surface area contributed by atoms with E-state index in [1.807, 2.05) is 5.38 Å². The zero-order valence-corrected chi connectivity index (χ0v) is 25.5. The van der Waals surface area contributed by atoms with Gasteiger partial charge in [-0.2, -0.15) is 4.37 Å². The van der Waals surface area contributed by atoms with E-state index < -0.39 is 0 Å². The second-order valence-corrected chi connectivity index (χ2v) is 13.3. The molecule has 0 spiro atoms. The fourth-order valence-corrected chi connectivity index (χ4v) is 3.16. The molecule has 0 saturated carbocycles. The van der Waals surface area contributed by atoms with Gasteiger partial charge in [-0.3, -0.25) is 9.97 Å². The Balaban J connectivity index is 0.000000247. The van der Waals surface area contributed by atoms with Crippen molar-refractivity contribution in [2.75, 3.05) is 0 Å². The highest BCUT2D eigenvalue weighted by molar-refractivity contribution is 7.03. The number of hydrogen-bond donors (Lipinski definition) is 0. The predicted octanol–water partition coefficient (Wildman–Crippen LogP) is 8.16. The van der Waals surface area contributed by atoms with Crippen LogP contribution in [0.15, 0.2) is 63.9 Å². The summed E-state index contributed by atoms with van der Waals surface area (Å²) in [5.74, 6) is 1.73. The Bertz CT molecular complexity index is 976. The quantitative estimate of drug-likeness (QED) is 0.228. The van der Waals surface area contributed by atoms with Crippen LogP contribution in [0, 0.1) is 0 Å².